The van der Waals surface area contributed by atoms with Gasteiger partial charge in [0.2, 0.25) is 0 Å². The van der Waals surface area contributed by atoms with Crippen LogP contribution in [0.25, 0.3) is 11.3 Å². The third-order valence-corrected chi connectivity index (χ3v) is 6.22. The standard InChI is InChI=1S/C20H18F3N5O3S/c1-11-4-16(13-5-15(8-24-6-13)32(3,30)31)26-18-12(2)28(19(29)17(11)18)14-7-25-27(9-14)10-20(21,22)23/h4-9,12H,10H2,1-3H3. The minimum absolute atomic E-state index is 0.0396. The van der Waals surface area contributed by atoms with Crippen LogP contribution in [0.4, 0.5) is 18.9 Å². The summed E-state index contributed by atoms with van der Waals surface area (Å²) in [5.74, 6) is -0.390. The second kappa shape index (κ2) is 7.40. The summed E-state index contributed by atoms with van der Waals surface area (Å²) in [6.45, 7) is 2.17. The number of carbonyl (C=O) groups is 1. The number of alkyl halides is 3. The quantitative estimate of drug-likeness (QED) is 0.586. The van der Waals surface area contributed by atoms with Gasteiger partial charge in [-0.1, -0.05) is 0 Å². The van der Waals surface area contributed by atoms with E-state index in [4.69, 9.17) is 0 Å². The molecular weight excluding hydrogens is 447 g/mol. The summed E-state index contributed by atoms with van der Waals surface area (Å²) in [4.78, 5) is 23.0. The van der Waals surface area contributed by atoms with Gasteiger partial charge in [-0.15, -0.1) is 0 Å². The average molecular weight is 465 g/mol. The van der Waals surface area contributed by atoms with Crippen molar-refractivity contribution in [1.29, 1.82) is 0 Å². The van der Waals surface area contributed by atoms with Crippen molar-refractivity contribution >= 4 is 21.4 Å². The Morgan fingerprint density at radius 1 is 1.16 bits per heavy atom. The van der Waals surface area contributed by atoms with Crippen LogP contribution in [-0.4, -0.2) is 46.5 Å². The predicted octanol–water partition coefficient (Wildman–Crippen LogP) is 3.34. The predicted molar refractivity (Wildman–Crippen MR) is 109 cm³/mol. The molecule has 4 rings (SSSR count). The molecule has 0 radical (unpaired) electrons. The van der Waals surface area contributed by atoms with Crippen LogP contribution in [0.1, 0.15) is 34.6 Å². The molecule has 0 aromatic carbocycles. The second-order valence-corrected chi connectivity index (χ2v) is 9.64. The summed E-state index contributed by atoms with van der Waals surface area (Å²) in [5.41, 5.74) is 2.54. The Balaban J connectivity index is 1.73. The summed E-state index contributed by atoms with van der Waals surface area (Å²) in [6.07, 6.45) is 1.74. The monoisotopic (exact) mass is 465 g/mol. The lowest BCUT2D eigenvalue weighted by atomic mass is 10.0. The number of hydrogen-bond acceptors (Lipinski definition) is 6. The molecular formula is C20H18F3N5O3S. The number of halogens is 3. The van der Waals surface area contributed by atoms with Crippen LogP contribution in [0.2, 0.25) is 0 Å². The van der Waals surface area contributed by atoms with Crippen molar-refractivity contribution in [2.24, 2.45) is 0 Å². The first-order chi connectivity index (χ1) is 14.8. The Morgan fingerprint density at radius 3 is 2.53 bits per heavy atom. The van der Waals surface area contributed by atoms with Crippen LogP contribution >= 0.6 is 0 Å². The number of aryl methyl sites for hydroxylation is 1. The highest BCUT2D eigenvalue weighted by Gasteiger charge is 2.39. The van der Waals surface area contributed by atoms with Crippen molar-refractivity contribution in [3.63, 3.8) is 0 Å². The molecule has 32 heavy (non-hydrogen) atoms. The fraction of sp³-hybridized carbons (Fsp3) is 0.300. The zero-order valence-electron chi connectivity index (χ0n) is 17.3. The summed E-state index contributed by atoms with van der Waals surface area (Å²) in [6, 6.07) is 2.55. The normalized spacial score (nSPS) is 16.5. The topological polar surface area (TPSA) is 98.1 Å². The molecule has 0 aliphatic carbocycles. The third kappa shape index (κ3) is 3.97. The fourth-order valence-corrected chi connectivity index (χ4v) is 4.29. The van der Waals surface area contributed by atoms with E-state index in [1.165, 1.54) is 35.8 Å². The average Bonchev–Trinajstić information content (AvgIpc) is 3.22. The zero-order chi connectivity index (χ0) is 23.4. The van der Waals surface area contributed by atoms with Gasteiger partial charge in [0.1, 0.15) is 6.54 Å². The van der Waals surface area contributed by atoms with Crippen molar-refractivity contribution in [2.45, 2.75) is 37.5 Å². The Labute approximate surface area is 181 Å². The lowest BCUT2D eigenvalue weighted by Crippen LogP contribution is -2.26. The first kappa shape index (κ1) is 21.9. The van der Waals surface area contributed by atoms with E-state index in [0.717, 1.165) is 10.9 Å². The van der Waals surface area contributed by atoms with Gasteiger partial charge < -0.3 is 0 Å². The largest absolute Gasteiger partial charge is 0.408 e. The molecule has 12 heteroatoms. The van der Waals surface area contributed by atoms with Gasteiger partial charge in [-0.05, 0) is 31.5 Å². The van der Waals surface area contributed by atoms with E-state index >= 15 is 0 Å². The molecule has 0 bridgehead atoms. The highest BCUT2D eigenvalue weighted by atomic mass is 32.2. The van der Waals surface area contributed by atoms with Crippen molar-refractivity contribution in [3.05, 3.63) is 53.7 Å². The van der Waals surface area contributed by atoms with Gasteiger partial charge in [-0.2, -0.15) is 18.3 Å². The van der Waals surface area contributed by atoms with Gasteiger partial charge in [0.25, 0.3) is 5.91 Å². The molecule has 1 aliphatic heterocycles. The van der Waals surface area contributed by atoms with E-state index in [2.05, 4.69) is 15.1 Å². The molecule has 168 valence electrons. The molecule has 1 aliphatic rings. The molecule has 1 amide bonds. The molecule has 0 spiro atoms. The number of fused-ring (bicyclic) bond motifs is 1. The third-order valence-electron chi connectivity index (χ3n) is 5.14. The van der Waals surface area contributed by atoms with E-state index in [1.807, 2.05) is 0 Å². The maximum absolute atomic E-state index is 13.1. The van der Waals surface area contributed by atoms with Gasteiger partial charge in [0.05, 0.1) is 39.8 Å². The Hall–Kier alpha value is -3.28. The van der Waals surface area contributed by atoms with Gasteiger partial charge in [0, 0.05) is 30.4 Å². The lowest BCUT2D eigenvalue weighted by molar-refractivity contribution is -0.142. The fourth-order valence-electron chi connectivity index (χ4n) is 3.69. The summed E-state index contributed by atoms with van der Waals surface area (Å²) in [7, 11) is -3.47. The van der Waals surface area contributed by atoms with Crippen molar-refractivity contribution < 1.29 is 26.4 Å². The maximum atomic E-state index is 13.1. The highest BCUT2D eigenvalue weighted by Crippen LogP contribution is 2.39. The summed E-state index contributed by atoms with van der Waals surface area (Å²) in [5, 5.41) is 3.72. The van der Waals surface area contributed by atoms with Crippen molar-refractivity contribution in [3.8, 4) is 11.3 Å². The molecule has 0 fully saturated rings. The number of nitrogens with zero attached hydrogens (tertiary/aromatic N) is 5. The number of aromatic nitrogens is 4. The number of rotatable bonds is 4. The van der Waals surface area contributed by atoms with Crippen LogP contribution in [0, 0.1) is 6.92 Å². The van der Waals surface area contributed by atoms with Gasteiger partial charge in [0.15, 0.2) is 9.84 Å². The number of amides is 1. The maximum Gasteiger partial charge on any atom is 0.408 e. The highest BCUT2D eigenvalue weighted by molar-refractivity contribution is 7.90. The first-order valence-corrected chi connectivity index (χ1v) is 11.3. The van der Waals surface area contributed by atoms with Gasteiger partial charge in [-0.3, -0.25) is 19.4 Å². The number of anilines is 1. The van der Waals surface area contributed by atoms with Crippen molar-refractivity contribution in [1.82, 2.24) is 19.7 Å². The van der Waals surface area contributed by atoms with E-state index in [1.54, 1.807) is 19.9 Å². The molecule has 1 atom stereocenters. The molecule has 0 saturated heterocycles. The van der Waals surface area contributed by atoms with Crippen LogP contribution in [0.5, 0.6) is 0 Å². The van der Waals surface area contributed by atoms with Crippen LogP contribution < -0.4 is 4.90 Å². The number of sulfone groups is 1. The molecule has 3 aromatic rings. The molecule has 0 saturated carbocycles. The SMILES string of the molecule is Cc1cc(-c2cncc(S(C)(=O)=O)c2)nc2c1C(=O)N(c1cnn(CC(F)(F)F)c1)C2C. The molecule has 0 N–H and O–H groups in total. The van der Waals surface area contributed by atoms with E-state index in [-0.39, 0.29) is 10.6 Å². The second-order valence-electron chi connectivity index (χ2n) is 7.63. The minimum atomic E-state index is -4.44. The Kier molecular flexibility index (Phi) is 5.07. The molecule has 3 aromatic heterocycles. The number of carbonyl (C=O) groups excluding carboxylic acids is 1. The smallest absolute Gasteiger partial charge is 0.296 e. The van der Waals surface area contributed by atoms with Gasteiger partial charge >= 0.3 is 6.18 Å². The minimum Gasteiger partial charge on any atom is -0.296 e. The first-order valence-electron chi connectivity index (χ1n) is 9.45. The molecule has 4 heterocycles. The van der Waals surface area contributed by atoms with Crippen LogP contribution in [0.3, 0.4) is 0 Å². The summed E-state index contributed by atoms with van der Waals surface area (Å²) >= 11 is 0. The Morgan fingerprint density at radius 2 is 1.88 bits per heavy atom. The van der Waals surface area contributed by atoms with Crippen LogP contribution in [-0.2, 0) is 16.4 Å². The number of hydrogen-bond donors (Lipinski definition) is 0. The molecule has 1 unspecified atom stereocenters. The lowest BCUT2D eigenvalue weighted by Gasteiger charge is -2.19. The van der Waals surface area contributed by atoms with Crippen LogP contribution in [0.15, 0.2) is 41.8 Å². The zero-order valence-corrected chi connectivity index (χ0v) is 18.1. The van der Waals surface area contributed by atoms with Gasteiger partial charge in [-0.25, -0.2) is 13.4 Å². The van der Waals surface area contributed by atoms with E-state index < -0.39 is 34.5 Å². The van der Waals surface area contributed by atoms with E-state index in [0.29, 0.717) is 28.1 Å². The summed E-state index contributed by atoms with van der Waals surface area (Å²) < 4.78 is 62.4. The molecule has 8 nitrogen and oxygen atoms in total. The van der Waals surface area contributed by atoms with E-state index in [9.17, 15) is 26.4 Å². The Bertz CT molecular complexity index is 1330. The number of pyridine rings is 2. The van der Waals surface area contributed by atoms with Crippen molar-refractivity contribution in [2.75, 3.05) is 11.2 Å².